The van der Waals surface area contributed by atoms with E-state index >= 15 is 0 Å². The molecule has 11 heteroatoms. The van der Waals surface area contributed by atoms with E-state index in [-0.39, 0.29) is 12.3 Å². The maximum Gasteiger partial charge on any atom is 0.231 e. The standard InChI is InChI=1S/C14H11N9OS/c24-11(4-7-23-21-19-20-22-23)16-12-9-5-8-25-14(9)18-13(17-12)10-3-1-2-6-15-10/h1-3,5-6,8H,4,7H2,(H,16,17,18,24)/p+1. The quantitative estimate of drug-likeness (QED) is 0.502. The second kappa shape index (κ2) is 6.65. The van der Waals surface area contributed by atoms with E-state index in [1.807, 2.05) is 29.6 Å². The van der Waals surface area contributed by atoms with Gasteiger partial charge >= 0.3 is 0 Å². The van der Waals surface area contributed by atoms with Gasteiger partial charge in [0.15, 0.2) is 5.82 Å². The van der Waals surface area contributed by atoms with Gasteiger partial charge in [0.1, 0.15) is 28.1 Å². The summed E-state index contributed by atoms with van der Waals surface area (Å²) in [5, 5.41) is 18.7. The van der Waals surface area contributed by atoms with Gasteiger partial charge in [0, 0.05) is 6.20 Å². The Morgan fingerprint density at radius 1 is 1.28 bits per heavy atom. The summed E-state index contributed by atoms with van der Waals surface area (Å²) in [5.74, 6) is 0.749. The van der Waals surface area contributed by atoms with Crippen LogP contribution in [0.2, 0.25) is 0 Å². The highest BCUT2D eigenvalue weighted by atomic mass is 32.1. The van der Waals surface area contributed by atoms with Gasteiger partial charge in [-0.05, 0) is 23.6 Å². The summed E-state index contributed by atoms with van der Waals surface area (Å²) in [6.07, 6.45) is 1.88. The van der Waals surface area contributed by atoms with Crippen LogP contribution in [-0.2, 0) is 11.3 Å². The number of pyridine rings is 1. The summed E-state index contributed by atoms with van der Waals surface area (Å²) in [5.41, 5.74) is 0.650. The van der Waals surface area contributed by atoms with E-state index in [1.165, 1.54) is 16.1 Å². The summed E-state index contributed by atoms with van der Waals surface area (Å²) >= 11 is 1.48. The van der Waals surface area contributed by atoms with Crippen molar-refractivity contribution in [3.63, 3.8) is 0 Å². The zero-order valence-corrected chi connectivity index (χ0v) is 13.6. The van der Waals surface area contributed by atoms with E-state index < -0.39 is 0 Å². The fourth-order valence-electron chi connectivity index (χ4n) is 2.22. The molecule has 4 aromatic heterocycles. The molecule has 0 spiro atoms. The van der Waals surface area contributed by atoms with Gasteiger partial charge in [-0.3, -0.25) is 9.78 Å². The molecule has 0 atom stereocenters. The number of H-pyrrole nitrogens is 1. The first kappa shape index (κ1) is 15.2. The lowest BCUT2D eigenvalue weighted by Crippen LogP contribution is -2.40. The predicted molar refractivity (Wildman–Crippen MR) is 88.3 cm³/mol. The van der Waals surface area contributed by atoms with Crippen LogP contribution >= 0.6 is 11.3 Å². The lowest BCUT2D eigenvalue weighted by atomic mass is 10.3. The highest BCUT2D eigenvalue weighted by Gasteiger charge is 2.14. The van der Waals surface area contributed by atoms with Gasteiger partial charge in [0.05, 0.1) is 11.8 Å². The van der Waals surface area contributed by atoms with E-state index in [4.69, 9.17) is 0 Å². The normalized spacial score (nSPS) is 10.9. The number of nitrogens with zero attached hydrogens (tertiary/aromatic N) is 7. The summed E-state index contributed by atoms with van der Waals surface area (Å²) < 4.78 is 0. The number of aromatic nitrogens is 8. The van der Waals surface area contributed by atoms with Crippen LogP contribution in [0.3, 0.4) is 0 Å². The number of anilines is 1. The van der Waals surface area contributed by atoms with Crippen LogP contribution in [0.25, 0.3) is 21.7 Å². The molecule has 0 bridgehead atoms. The smallest absolute Gasteiger partial charge is 0.231 e. The van der Waals surface area contributed by atoms with Gasteiger partial charge < -0.3 is 5.32 Å². The topological polar surface area (TPSA) is 126 Å². The first-order chi connectivity index (χ1) is 12.3. The Labute approximate surface area is 144 Å². The second-order valence-corrected chi connectivity index (χ2v) is 5.94. The highest BCUT2D eigenvalue weighted by Crippen LogP contribution is 2.27. The molecule has 4 aromatic rings. The number of fused-ring (bicyclic) bond motifs is 1. The van der Waals surface area contributed by atoms with E-state index in [2.05, 4.69) is 41.1 Å². The zero-order chi connectivity index (χ0) is 17.1. The van der Waals surface area contributed by atoms with Crippen LogP contribution in [0, 0.1) is 0 Å². The molecule has 0 saturated carbocycles. The molecule has 25 heavy (non-hydrogen) atoms. The Morgan fingerprint density at radius 2 is 2.24 bits per heavy atom. The molecule has 0 aliphatic carbocycles. The van der Waals surface area contributed by atoms with E-state index in [0.29, 0.717) is 23.9 Å². The number of carbonyl (C=O) groups excluding carboxylic acids is 1. The molecule has 4 heterocycles. The van der Waals surface area contributed by atoms with Gasteiger partial charge in [0.2, 0.25) is 16.3 Å². The lowest BCUT2D eigenvalue weighted by molar-refractivity contribution is -0.806. The first-order valence-corrected chi connectivity index (χ1v) is 8.28. The molecule has 10 nitrogen and oxygen atoms in total. The number of amides is 1. The number of aryl methyl sites for hydroxylation is 1. The van der Waals surface area contributed by atoms with E-state index in [0.717, 1.165) is 10.2 Å². The molecule has 0 saturated heterocycles. The minimum absolute atomic E-state index is 0.193. The predicted octanol–water partition coefficient (Wildman–Crippen LogP) is 0.583. The van der Waals surface area contributed by atoms with Crippen LogP contribution in [0.15, 0.2) is 35.8 Å². The van der Waals surface area contributed by atoms with Gasteiger partial charge in [0.25, 0.3) is 0 Å². The highest BCUT2D eigenvalue weighted by molar-refractivity contribution is 7.16. The molecule has 2 N–H and O–H groups in total. The van der Waals surface area contributed by atoms with Gasteiger partial charge in [-0.2, -0.15) is 0 Å². The van der Waals surface area contributed by atoms with Crippen LogP contribution in [-0.4, -0.2) is 41.7 Å². The Balaban J connectivity index is 1.59. The minimum Gasteiger partial charge on any atom is -0.310 e. The minimum atomic E-state index is -0.193. The van der Waals surface area contributed by atoms with Crippen LogP contribution < -0.4 is 10.1 Å². The van der Waals surface area contributed by atoms with Crippen molar-refractivity contribution in [2.75, 3.05) is 5.32 Å². The van der Waals surface area contributed by atoms with Crippen molar-refractivity contribution in [2.45, 2.75) is 13.0 Å². The van der Waals surface area contributed by atoms with Gasteiger partial charge in [-0.1, -0.05) is 16.1 Å². The Kier molecular flexibility index (Phi) is 4.04. The average Bonchev–Trinajstić information content (AvgIpc) is 3.32. The molecule has 0 aliphatic heterocycles. The van der Waals surface area contributed by atoms with Gasteiger partial charge in [-0.25, -0.2) is 9.97 Å². The maximum atomic E-state index is 12.2. The van der Waals surface area contributed by atoms with Crippen molar-refractivity contribution in [3.05, 3.63) is 35.8 Å². The second-order valence-electron chi connectivity index (χ2n) is 5.05. The lowest BCUT2D eigenvalue weighted by Gasteiger charge is -2.07. The average molecular weight is 354 g/mol. The number of hydrogen-bond acceptors (Lipinski definition) is 8. The van der Waals surface area contributed by atoms with Crippen molar-refractivity contribution in [2.24, 2.45) is 0 Å². The third-order valence-corrected chi connectivity index (χ3v) is 4.19. The molecule has 0 fully saturated rings. The fraction of sp³-hybridized carbons (Fsp3) is 0.143. The van der Waals surface area contributed by atoms with Crippen molar-refractivity contribution in [1.82, 2.24) is 35.8 Å². The zero-order valence-electron chi connectivity index (χ0n) is 12.8. The third kappa shape index (κ3) is 3.30. The van der Waals surface area contributed by atoms with Crippen molar-refractivity contribution in [3.8, 4) is 11.5 Å². The fourth-order valence-corrected chi connectivity index (χ4v) is 2.98. The number of nitrogens with one attached hydrogen (secondary N) is 2. The number of aromatic amines is 1. The number of rotatable bonds is 5. The van der Waals surface area contributed by atoms with Crippen molar-refractivity contribution in [1.29, 1.82) is 0 Å². The molecular formula is C14H12N9OS+. The molecule has 0 radical (unpaired) electrons. The molecule has 124 valence electrons. The molecule has 1 amide bonds. The largest absolute Gasteiger partial charge is 0.310 e. The van der Waals surface area contributed by atoms with Crippen LogP contribution in [0.1, 0.15) is 6.42 Å². The van der Waals surface area contributed by atoms with E-state index in [9.17, 15) is 4.79 Å². The SMILES string of the molecule is O=C(CC[n+]1nnn[nH]1)Nc1nc(-c2ccccn2)nc2sccc12. The number of carbonyl (C=O) groups is 1. The molecule has 0 aliphatic rings. The summed E-state index contributed by atoms with van der Waals surface area (Å²) in [6.45, 7) is 0.337. The van der Waals surface area contributed by atoms with Crippen LogP contribution in [0.5, 0.6) is 0 Å². The monoisotopic (exact) mass is 354 g/mol. The first-order valence-electron chi connectivity index (χ1n) is 7.40. The Morgan fingerprint density at radius 3 is 3.04 bits per heavy atom. The Bertz CT molecular complexity index is 1000. The van der Waals surface area contributed by atoms with Crippen LogP contribution in [0.4, 0.5) is 5.82 Å². The Hall–Kier alpha value is -3.34. The molecule has 4 rings (SSSR count). The maximum absolute atomic E-state index is 12.2. The van der Waals surface area contributed by atoms with E-state index in [1.54, 1.807) is 6.20 Å². The molecular weight excluding hydrogens is 342 g/mol. The molecule has 0 aromatic carbocycles. The molecule has 0 unspecified atom stereocenters. The van der Waals surface area contributed by atoms with Crippen molar-refractivity contribution < 1.29 is 9.59 Å². The van der Waals surface area contributed by atoms with Crippen molar-refractivity contribution >= 4 is 33.3 Å². The summed E-state index contributed by atoms with van der Waals surface area (Å²) in [4.78, 5) is 27.7. The number of hydrogen-bond donors (Lipinski definition) is 2. The third-order valence-electron chi connectivity index (χ3n) is 3.38. The summed E-state index contributed by atoms with van der Waals surface area (Å²) in [6, 6.07) is 7.40. The summed E-state index contributed by atoms with van der Waals surface area (Å²) in [7, 11) is 0. The number of thiophene rings is 1. The van der Waals surface area contributed by atoms with Gasteiger partial charge in [-0.15, -0.1) is 11.3 Å².